The summed E-state index contributed by atoms with van der Waals surface area (Å²) in [6.45, 7) is 0.889. The van der Waals surface area contributed by atoms with Crippen molar-refractivity contribution in [3.05, 3.63) is 58.9 Å². The van der Waals surface area contributed by atoms with Gasteiger partial charge < -0.3 is 9.84 Å². The lowest BCUT2D eigenvalue weighted by Crippen LogP contribution is -2.09. The topological polar surface area (TPSA) is 70.9 Å². The number of nitrogens with zero attached hydrogens (tertiary/aromatic N) is 1. The van der Waals surface area contributed by atoms with E-state index in [0.29, 0.717) is 5.56 Å². The van der Waals surface area contributed by atoms with Gasteiger partial charge in [0.15, 0.2) is 29.9 Å². The van der Waals surface area contributed by atoms with Crippen LogP contribution in [0, 0.1) is 29.1 Å². The second-order valence-electron chi connectivity index (χ2n) is 4.96. The number of rotatable bonds is 6. The molecule has 10 heteroatoms. The lowest BCUT2D eigenvalue weighted by atomic mass is 10.1. The van der Waals surface area contributed by atoms with Gasteiger partial charge in [-0.15, -0.1) is 0 Å². The van der Waals surface area contributed by atoms with Gasteiger partial charge in [-0.1, -0.05) is 0 Å². The summed E-state index contributed by atoms with van der Waals surface area (Å²) in [5.41, 5.74) is 1.15. The number of hydrogen-bond acceptors (Lipinski definition) is 4. The Morgan fingerprint density at radius 2 is 1.50 bits per heavy atom. The molecule has 5 nitrogen and oxygen atoms in total. The molecule has 0 bridgehead atoms. The van der Waals surface area contributed by atoms with E-state index >= 15 is 0 Å². The van der Waals surface area contributed by atoms with E-state index in [2.05, 4.69) is 5.10 Å². The minimum atomic E-state index is -2.26. The van der Waals surface area contributed by atoms with E-state index in [1.165, 1.54) is 31.2 Å². The molecule has 0 aliphatic heterocycles. The Morgan fingerprint density at radius 3 is 2.00 bits per heavy atom. The highest BCUT2D eigenvalue weighted by Crippen LogP contribution is 2.27. The minimum absolute atomic E-state index is 0.165. The summed E-state index contributed by atoms with van der Waals surface area (Å²) in [4.78, 5) is 10.4. The first-order valence-electron chi connectivity index (χ1n) is 6.99. The SMILES string of the molecule is C/C(=N/Nc1c(F)c(F)c(F)c(F)c1F)c1ccc(OCC(=O)O)cc1. The maximum absolute atomic E-state index is 13.5. The number of carbonyl (C=O) groups is 1. The normalized spacial score (nSPS) is 11.4. The molecule has 2 aromatic rings. The third-order valence-corrected chi connectivity index (χ3v) is 3.18. The number of aliphatic carboxylic acids is 1. The average molecular weight is 374 g/mol. The third-order valence-electron chi connectivity index (χ3n) is 3.18. The highest BCUT2D eigenvalue weighted by molar-refractivity contribution is 5.99. The molecule has 0 saturated carbocycles. The van der Waals surface area contributed by atoms with Crippen LogP contribution in [0.5, 0.6) is 5.75 Å². The van der Waals surface area contributed by atoms with Crippen molar-refractivity contribution in [2.24, 2.45) is 5.10 Å². The van der Waals surface area contributed by atoms with Crippen molar-refractivity contribution >= 4 is 17.4 Å². The number of carboxylic acids is 1. The highest BCUT2D eigenvalue weighted by Gasteiger charge is 2.25. The summed E-state index contributed by atoms with van der Waals surface area (Å²) < 4.78 is 71.2. The van der Waals surface area contributed by atoms with E-state index in [9.17, 15) is 26.7 Å². The zero-order valence-corrected chi connectivity index (χ0v) is 13.1. The van der Waals surface area contributed by atoms with Gasteiger partial charge >= 0.3 is 5.97 Å². The maximum Gasteiger partial charge on any atom is 0.341 e. The van der Waals surface area contributed by atoms with Crippen molar-refractivity contribution in [3.63, 3.8) is 0 Å². The quantitative estimate of drug-likeness (QED) is 0.266. The monoisotopic (exact) mass is 374 g/mol. The molecule has 0 radical (unpaired) electrons. The average Bonchev–Trinajstić information content (AvgIpc) is 2.63. The molecule has 0 spiro atoms. The van der Waals surface area contributed by atoms with Crippen LogP contribution < -0.4 is 10.2 Å². The van der Waals surface area contributed by atoms with Gasteiger partial charge in [0.2, 0.25) is 5.82 Å². The standard InChI is InChI=1S/C16H11F5N2O3/c1-7(8-2-4-9(5-3-8)26-6-10(24)25)22-23-16-14(20)12(18)11(17)13(19)15(16)21/h2-5,23H,6H2,1H3,(H,24,25)/b22-7-. The first-order chi connectivity index (χ1) is 12.2. The van der Waals surface area contributed by atoms with E-state index in [0.717, 1.165) is 0 Å². The van der Waals surface area contributed by atoms with Crippen molar-refractivity contribution < 1.29 is 36.6 Å². The minimum Gasteiger partial charge on any atom is -0.482 e. The lowest BCUT2D eigenvalue weighted by molar-refractivity contribution is -0.139. The molecule has 2 rings (SSSR count). The summed E-state index contributed by atoms with van der Waals surface area (Å²) in [5, 5.41) is 12.1. The van der Waals surface area contributed by atoms with Crippen LogP contribution in [0.1, 0.15) is 12.5 Å². The van der Waals surface area contributed by atoms with E-state index in [1.54, 1.807) is 0 Å². The Kier molecular flexibility index (Phi) is 5.75. The fourth-order valence-electron chi connectivity index (χ4n) is 1.84. The van der Waals surface area contributed by atoms with Crippen LogP contribution in [0.2, 0.25) is 0 Å². The van der Waals surface area contributed by atoms with Gasteiger partial charge in [0.25, 0.3) is 0 Å². The van der Waals surface area contributed by atoms with Crippen LogP contribution in [0.15, 0.2) is 29.4 Å². The number of anilines is 1. The molecular weight excluding hydrogens is 363 g/mol. The molecule has 138 valence electrons. The first kappa shape index (κ1) is 19.2. The number of hydrogen-bond donors (Lipinski definition) is 2. The maximum atomic E-state index is 13.5. The largest absolute Gasteiger partial charge is 0.482 e. The lowest BCUT2D eigenvalue weighted by Gasteiger charge is -2.09. The number of halogens is 5. The summed E-state index contributed by atoms with van der Waals surface area (Å²) in [6.07, 6.45) is 0. The second-order valence-corrected chi connectivity index (χ2v) is 4.96. The van der Waals surface area contributed by atoms with Gasteiger partial charge in [-0.25, -0.2) is 26.7 Å². The molecule has 26 heavy (non-hydrogen) atoms. The Balaban J connectivity index is 2.20. The molecular formula is C16H11F5N2O3. The molecule has 0 fully saturated rings. The number of carboxylic acid groups (broad SMARTS) is 1. The second kappa shape index (κ2) is 7.81. The summed E-state index contributed by atoms with van der Waals surface area (Å²) in [5.74, 6) is -11.4. The van der Waals surface area contributed by atoms with Crippen LogP contribution in [0.25, 0.3) is 0 Å². The zero-order chi connectivity index (χ0) is 19.4. The number of hydrazone groups is 1. The zero-order valence-electron chi connectivity index (χ0n) is 13.1. The molecule has 0 aromatic heterocycles. The number of benzene rings is 2. The van der Waals surface area contributed by atoms with E-state index in [-0.39, 0.29) is 11.5 Å². The van der Waals surface area contributed by atoms with Gasteiger partial charge in [0.05, 0.1) is 5.71 Å². The van der Waals surface area contributed by atoms with E-state index in [4.69, 9.17) is 9.84 Å². The van der Waals surface area contributed by atoms with Crippen molar-refractivity contribution in [2.75, 3.05) is 12.0 Å². The van der Waals surface area contributed by atoms with Crippen LogP contribution >= 0.6 is 0 Å². The first-order valence-corrected chi connectivity index (χ1v) is 6.99. The van der Waals surface area contributed by atoms with Crippen molar-refractivity contribution in [2.45, 2.75) is 6.92 Å². The Hall–Kier alpha value is -3.17. The van der Waals surface area contributed by atoms with Crippen molar-refractivity contribution in [1.82, 2.24) is 0 Å². The fourth-order valence-corrected chi connectivity index (χ4v) is 1.84. The predicted molar refractivity (Wildman–Crippen MR) is 81.6 cm³/mol. The van der Waals surface area contributed by atoms with Gasteiger partial charge in [0.1, 0.15) is 11.4 Å². The number of nitrogens with one attached hydrogen (secondary N) is 1. The van der Waals surface area contributed by atoms with Crippen LogP contribution in [0.3, 0.4) is 0 Å². The summed E-state index contributed by atoms with van der Waals surface area (Å²) in [7, 11) is 0. The van der Waals surface area contributed by atoms with Crippen LogP contribution in [-0.2, 0) is 4.79 Å². The van der Waals surface area contributed by atoms with E-state index in [1.807, 2.05) is 5.43 Å². The van der Waals surface area contributed by atoms with Crippen LogP contribution in [0.4, 0.5) is 27.6 Å². The molecule has 0 amide bonds. The van der Waals surface area contributed by atoms with Gasteiger partial charge in [-0.05, 0) is 36.8 Å². The molecule has 0 heterocycles. The molecule has 0 atom stereocenters. The Bertz CT molecular complexity index is 840. The van der Waals surface area contributed by atoms with Gasteiger partial charge in [-0.3, -0.25) is 5.43 Å². The van der Waals surface area contributed by atoms with Gasteiger partial charge in [0, 0.05) is 0 Å². The Morgan fingerprint density at radius 1 is 1.00 bits per heavy atom. The third kappa shape index (κ3) is 4.08. The molecule has 0 aliphatic rings. The van der Waals surface area contributed by atoms with Crippen molar-refractivity contribution in [3.8, 4) is 5.75 Å². The summed E-state index contributed by atoms with van der Waals surface area (Å²) in [6, 6.07) is 5.79. The molecule has 0 aliphatic carbocycles. The number of ether oxygens (including phenoxy) is 1. The Labute approximate surface area is 143 Å². The molecule has 2 N–H and O–H groups in total. The van der Waals surface area contributed by atoms with E-state index < -0.39 is 47.3 Å². The summed E-state index contributed by atoms with van der Waals surface area (Å²) >= 11 is 0. The van der Waals surface area contributed by atoms with Crippen molar-refractivity contribution in [1.29, 1.82) is 0 Å². The smallest absolute Gasteiger partial charge is 0.341 e. The molecule has 0 saturated heterocycles. The van der Waals surface area contributed by atoms with Crippen LogP contribution in [-0.4, -0.2) is 23.4 Å². The highest BCUT2D eigenvalue weighted by atomic mass is 19.2. The van der Waals surface area contributed by atoms with Gasteiger partial charge in [-0.2, -0.15) is 5.10 Å². The molecule has 2 aromatic carbocycles. The molecule has 0 unspecified atom stereocenters. The fraction of sp³-hybridized carbons (Fsp3) is 0.125. The predicted octanol–water partition coefficient (Wildman–Crippen LogP) is 3.68.